The minimum Gasteiger partial charge on any atom is -0.211 e. The molecule has 0 aromatic heterocycles. The van der Waals surface area contributed by atoms with Crippen molar-refractivity contribution in [1.29, 1.82) is 0 Å². The van der Waals surface area contributed by atoms with E-state index in [9.17, 15) is 19.2 Å². The Morgan fingerprint density at radius 1 is 0.625 bits per heavy atom. The summed E-state index contributed by atoms with van der Waals surface area (Å²) in [4.78, 5) is 52.3. The highest BCUT2D eigenvalue weighted by atomic mass is 16.1. The molecule has 0 heterocycles. The van der Waals surface area contributed by atoms with Crippen molar-refractivity contribution in [1.82, 2.24) is 0 Å². The SMILES string of the molecule is CC(CCCN=C=O)CN=C=O.O=C=NCCCCCCN=C=O. The molecule has 0 radical (unpaired) electrons. The summed E-state index contributed by atoms with van der Waals surface area (Å²) in [5.41, 5.74) is 0. The molecule has 8 heteroatoms. The van der Waals surface area contributed by atoms with E-state index in [2.05, 4.69) is 20.0 Å². The van der Waals surface area contributed by atoms with Crippen molar-refractivity contribution < 1.29 is 19.2 Å². The highest BCUT2D eigenvalue weighted by Crippen LogP contribution is 2.05. The lowest BCUT2D eigenvalue weighted by Gasteiger charge is -2.03. The summed E-state index contributed by atoms with van der Waals surface area (Å²) < 4.78 is 0. The molecule has 0 spiro atoms. The van der Waals surface area contributed by atoms with Crippen LogP contribution in [0.25, 0.3) is 0 Å². The normalized spacial score (nSPS) is 9.71. The Balaban J connectivity index is 0. The monoisotopic (exact) mass is 336 g/mol. The summed E-state index contributed by atoms with van der Waals surface area (Å²) in [7, 11) is 0. The summed E-state index contributed by atoms with van der Waals surface area (Å²) >= 11 is 0. The molecule has 0 N–H and O–H groups in total. The van der Waals surface area contributed by atoms with Gasteiger partial charge in [0.15, 0.2) is 0 Å². The van der Waals surface area contributed by atoms with Gasteiger partial charge in [0.05, 0.1) is 26.2 Å². The number of isocyanates is 4. The molecule has 0 amide bonds. The zero-order valence-corrected chi connectivity index (χ0v) is 14.1. The van der Waals surface area contributed by atoms with Gasteiger partial charge < -0.3 is 0 Å². The van der Waals surface area contributed by atoms with Gasteiger partial charge in [0.25, 0.3) is 0 Å². The fourth-order valence-electron chi connectivity index (χ4n) is 1.68. The third kappa shape index (κ3) is 24.5. The first-order valence-corrected chi connectivity index (χ1v) is 7.87. The van der Waals surface area contributed by atoms with Crippen molar-refractivity contribution in [2.45, 2.75) is 45.4 Å². The molecule has 0 aliphatic carbocycles. The van der Waals surface area contributed by atoms with Crippen LogP contribution in [0, 0.1) is 5.92 Å². The predicted molar refractivity (Wildman–Crippen MR) is 88.8 cm³/mol. The quantitative estimate of drug-likeness (QED) is 0.291. The molecule has 0 aromatic carbocycles. The van der Waals surface area contributed by atoms with Gasteiger partial charge in [-0.15, -0.1) is 0 Å². The summed E-state index contributed by atoms with van der Waals surface area (Å²) in [6.07, 6.45) is 11.5. The maximum atomic E-state index is 9.72. The van der Waals surface area contributed by atoms with E-state index in [0.717, 1.165) is 38.5 Å². The van der Waals surface area contributed by atoms with Gasteiger partial charge in [0, 0.05) is 0 Å². The molecule has 8 nitrogen and oxygen atoms in total. The average molecular weight is 336 g/mol. The Morgan fingerprint density at radius 2 is 1.04 bits per heavy atom. The Kier molecular flexibility index (Phi) is 22.6. The number of nitrogens with zero attached hydrogens (tertiary/aromatic N) is 4. The van der Waals surface area contributed by atoms with Gasteiger partial charge in [0.1, 0.15) is 0 Å². The second-order valence-electron chi connectivity index (χ2n) is 5.01. The first-order chi connectivity index (χ1) is 11.7. The summed E-state index contributed by atoms with van der Waals surface area (Å²) in [5, 5.41) is 0. The van der Waals surface area contributed by atoms with E-state index in [-0.39, 0.29) is 0 Å². The lowest BCUT2D eigenvalue weighted by atomic mass is 10.1. The van der Waals surface area contributed by atoms with Gasteiger partial charge in [-0.1, -0.05) is 19.8 Å². The lowest BCUT2D eigenvalue weighted by Crippen LogP contribution is -1.99. The molecule has 0 rings (SSSR count). The Bertz CT molecular complexity index is 462. The van der Waals surface area contributed by atoms with Gasteiger partial charge in [-0.3, -0.25) is 0 Å². The van der Waals surface area contributed by atoms with Crippen molar-refractivity contribution in [3.05, 3.63) is 0 Å². The van der Waals surface area contributed by atoms with Gasteiger partial charge >= 0.3 is 0 Å². The van der Waals surface area contributed by atoms with Crippen LogP contribution in [0.3, 0.4) is 0 Å². The third-order valence-electron chi connectivity index (χ3n) is 2.92. The van der Waals surface area contributed by atoms with Crippen LogP contribution < -0.4 is 0 Å². The van der Waals surface area contributed by atoms with Crippen LogP contribution in [0.2, 0.25) is 0 Å². The van der Waals surface area contributed by atoms with Gasteiger partial charge in [0.2, 0.25) is 24.3 Å². The van der Waals surface area contributed by atoms with Crippen LogP contribution in [0.1, 0.15) is 45.4 Å². The molecule has 24 heavy (non-hydrogen) atoms. The summed E-state index contributed by atoms with van der Waals surface area (Å²) in [6.45, 7) is 4.12. The second kappa shape index (κ2) is 22.8. The molecule has 1 atom stereocenters. The molecule has 0 aromatic rings. The van der Waals surface area contributed by atoms with Crippen molar-refractivity contribution in [2.24, 2.45) is 25.9 Å². The highest BCUT2D eigenvalue weighted by Gasteiger charge is 1.99. The number of rotatable bonds is 13. The molecular weight excluding hydrogens is 312 g/mol. The Hall–Kier alpha value is -2.48. The fourth-order valence-corrected chi connectivity index (χ4v) is 1.68. The minimum absolute atomic E-state index is 0.355. The van der Waals surface area contributed by atoms with E-state index in [1.54, 1.807) is 0 Å². The molecule has 0 fully saturated rings. The third-order valence-corrected chi connectivity index (χ3v) is 2.92. The molecule has 0 saturated heterocycles. The van der Waals surface area contributed by atoms with E-state index < -0.39 is 0 Å². The second-order valence-corrected chi connectivity index (χ2v) is 5.01. The Morgan fingerprint density at radius 3 is 1.46 bits per heavy atom. The van der Waals surface area contributed by atoms with Crippen molar-refractivity contribution >= 4 is 24.3 Å². The number of aliphatic imine (C=N–C) groups is 4. The topological polar surface area (TPSA) is 118 Å². The van der Waals surface area contributed by atoms with E-state index in [4.69, 9.17) is 0 Å². The van der Waals surface area contributed by atoms with E-state index >= 15 is 0 Å². The van der Waals surface area contributed by atoms with Gasteiger partial charge in [-0.2, -0.15) is 0 Å². The number of carbonyl (C=O) groups excluding carboxylic acids is 4. The predicted octanol–water partition coefficient (Wildman–Crippen LogP) is 2.29. The zero-order chi connectivity index (χ0) is 18.3. The minimum atomic E-state index is 0.355. The highest BCUT2D eigenvalue weighted by molar-refractivity contribution is 5.33. The van der Waals surface area contributed by atoms with Gasteiger partial charge in [-0.05, 0) is 31.6 Å². The van der Waals surface area contributed by atoms with Crippen molar-refractivity contribution in [2.75, 3.05) is 26.2 Å². The molecule has 0 saturated carbocycles. The zero-order valence-electron chi connectivity index (χ0n) is 14.1. The van der Waals surface area contributed by atoms with E-state index in [1.807, 2.05) is 6.92 Å². The average Bonchev–Trinajstić information content (AvgIpc) is 2.60. The molecule has 1 unspecified atom stereocenters. The van der Waals surface area contributed by atoms with Gasteiger partial charge in [-0.25, -0.2) is 39.1 Å². The van der Waals surface area contributed by atoms with Crippen LogP contribution in [0.5, 0.6) is 0 Å². The fraction of sp³-hybridized carbons (Fsp3) is 0.750. The maximum absolute atomic E-state index is 9.72. The smallest absolute Gasteiger partial charge is 0.211 e. The molecule has 0 bridgehead atoms. The lowest BCUT2D eigenvalue weighted by molar-refractivity contribution is 0.516. The standard InChI is InChI=1S/2C8H12N2O2/c1-8(5-10-7-12)3-2-4-9-6-11;11-7-9-5-3-1-2-4-6-10-8-12/h8H,2-5H2,1H3;1-6H2. The summed E-state index contributed by atoms with van der Waals surface area (Å²) in [5.74, 6) is 0.355. The number of hydrogen-bond acceptors (Lipinski definition) is 8. The van der Waals surface area contributed by atoms with Crippen LogP contribution in [0.4, 0.5) is 0 Å². The van der Waals surface area contributed by atoms with Crippen molar-refractivity contribution in [3.8, 4) is 0 Å². The largest absolute Gasteiger partial charge is 0.234 e. The van der Waals surface area contributed by atoms with Crippen LogP contribution >= 0.6 is 0 Å². The molecule has 0 aliphatic heterocycles. The first kappa shape index (κ1) is 23.8. The molecular formula is C16H24N4O4. The maximum Gasteiger partial charge on any atom is 0.234 e. The molecule has 132 valence electrons. The summed E-state index contributed by atoms with van der Waals surface area (Å²) in [6, 6.07) is 0. The van der Waals surface area contributed by atoms with Crippen LogP contribution in [-0.2, 0) is 19.2 Å². The van der Waals surface area contributed by atoms with E-state index in [0.29, 0.717) is 32.1 Å². The molecule has 0 aliphatic rings. The number of unbranched alkanes of at least 4 members (excludes halogenated alkanes) is 3. The van der Waals surface area contributed by atoms with Crippen molar-refractivity contribution in [3.63, 3.8) is 0 Å². The van der Waals surface area contributed by atoms with Crippen LogP contribution in [0.15, 0.2) is 20.0 Å². The van der Waals surface area contributed by atoms with Crippen LogP contribution in [-0.4, -0.2) is 50.5 Å². The number of hydrogen-bond donors (Lipinski definition) is 0. The first-order valence-electron chi connectivity index (χ1n) is 7.87. The Labute approximate surface area is 141 Å². The van der Waals surface area contributed by atoms with E-state index in [1.165, 1.54) is 24.3 Å².